The minimum Gasteiger partial charge on any atom is -0.369 e. The summed E-state index contributed by atoms with van der Waals surface area (Å²) >= 11 is 0. The molecule has 0 aromatic rings. The highest BCUT2D eigenvalue weighted by Crippen LogP contribution is 2.66. The van der Waals surface area contributed by atoms with Gasteiger partial charge < -0.3 is 5.73 Å². The number of hydrogen-bond donors (Lipinski definition) is 1. The highest BCUT2D eigenvalue weighted by Gasteiger charge is 2.60. The first-order valence-electron chi connectivity index (χ1n) is 8.45. The van der Waals surface area contributed by atoms with Crippen molar-refractivity contribution in [2.75, 3.05) is 18.8 Å². The van der Waals surface area contributed by atoms with E-state index in [-0.39, 0.29) is 28.4 Å². The molecule has 2 aliphatic carbocycles. The molecule has 3 rings (SSSR count). The molecule has 1 heterocycles. The highest BCUT2D eigenvalue weighted by atomic mass is 32.2. The number of amides is 1. The minimum absolute atomic E-state index is 0.0446. The molecule has 6 heteroatoms. The van der Waals surface area contributed by atoms with E-state index in [1.165, 1.54) is 12.8 Å². The van der Waals surface area contributed by atoms with Crippen LogP contribution in [0.2, 0.25) is 0 Å². The van der Waals surface area contributed by atoms with Crippen molar-refractivity contribution in [3.05, 3.63) is 0 Å². The molecule has 126 valence electrons. The molecule has 3 fully saturated rings. The summed E-state index contributed by atoms with van der Waals surface area (Å²) in [4.78, 5) is 11.2. The number of carbonyl (C=O) groups is 1. The van der Waals surface area contributed by atoms with Crippen molar-refractivity contribution in [2.24, 2.45) is 28.4 Å². The summed E-state index contributed by atoms with van der Waals surface area (Å²) in [5.74, 6) is 0.503. The van der Waals surface area contributed by atoms with Crippen LogP contribution >= 0.6 is 0 Å². The van der Waals surface area contributed by atoms with Crippen LogP contribution in [0.5, 0.6) is 0 Å². The Bertz CT molecular complexity index is 554. The number of carbonyl (C=O) groups excluding carboxylic acids is 1. The summed E-state index contributed by atoms with van der Waals surface area (Å²) in [6, 6.07) is 0. The summed E-state index contributed by atoms with van der Waals surface area (Å²) in [7, 11) is -3.25. The Morgan fingerprint density at radius 3 is 2.09 bits per heavy atom. The van der Waals surface area contributed by atoms with Gasteiger partial charge in [0.2, 0.25) is 15.9 Å². The zero-order valence-corrected chi connectivity index (χ0v) is 14.5. The summed E-state index contributed by atoms with van der Waals surface area (Å²) in [6.45, 7) is 5.39. The van der Waals surface area contributed by atoms with Gasteiger partial charge in [0.15, 0.2) is 0 Å². The van der Waals surface area contributed by atoms with Crippen LogP contribution in [0, 0.1) is 22.7 Å². The smallest absolute Gasteiger partial charge is 0.220 e. The fraction of sp³-hybridized carbons (Fsp3) is 0.938. The number of primary amides is 1. The Morgan fingerprint density at radius 1 is 1.14 bits per heavy atom. The van der Waals surface area contributed by atoms with Gasteiger partial charge in [-0.15, -0.1) is 0 Å². The van der Waals surface area contributed by atoms with Crippen molar-refractivity contribution < 1.29 is 13.2 Å². The van der Waals surface area contributed by atoms with Gasteiger partial charge in [0, 0.05) is 19.0 Å². The molecule has 1 saturated heterocycles. The standard InChI is InChI=1S/C16H28N2O3S/c1-15(2)13-3-7-16(15,8-4-13)11-22(20,21)18-9-5-12(6-10-18)14(17)19/h12-13H,3-11H2,1-2H3,(H2,17,19). The molecule has 0 unspecified atom stereocenters. The van der Waals surface area contributed by atoms with Crippen LogP contribution in [0.3, 0.4) is 0 Å². The van der Waals surface area contributed by atoms with Gasteiger partial charge >= 0.3 is 0 Å². The molecule has 0 aromatic carbocycles. The molecule has 3 aliphatic rings. The average Bonchev–Trinajstić information content (AvgIpc) is 2.83. The molecule has 2 saturated carbocycles. The Hall–Kier alpha value is -0.620. The van der Waals surface area contributed by atoms with Crippen LogP contribution in [-0.4, -0.2) is 37.5 Å². The van der Waals surface area contributed by atoms with E-state index in [1.807, 2.05) is 0 Å². The molecule has 0 aromatic heterocycles. The van der Waals surface area contributed by atoms with E-state index in [0.717, 1.165) is 12.8 Å². The number of piperidine rings is 1. The second-order valence-corrected chi connectivity index (χ2v) is 10.1. The number of fused-ring (bicyclic) bond motifs is 2. The maximum Gasteiger partial charge on any atom is 0.220 e. The number of nitrogens with two attached hydrogens (primary N) is 1. The van der Waals surface area contributed by atoms with Crippen LogP contribution in [-0.2, 0) is 14.8 Å². The maximum absolute atomic E-state index is 12.9. The van der Waals surface area contributed by atoms with Crippen molar-refractivity contribution in [2.45, 2.75) is 52.4 Å². The lowest BCUT2D eigenvalue weighted by molar-refractivity contribution is -0.122. The van der Waals surface area contributed by atoms with Crippen molar-refractivity contribution in [1.29, 1.82) is 0 Å². The molecule has 0 spiro atoms. The lowest BCUT2D eigenvalue weighted by atomic mass is 9.71. The van der Waals surface area contributed by atoms with Gasteiger partial charge in [-0.05, 0) is 55.3 Å². The van der Waals surface area contributed by atoms with Gasteiger partial charge in [0.1, 0.15) is 0 Å². The lowest BCUT2D eigenvalue weighted by Gasteiger charge is -2.40. The molecule has 1 aliphatic heterocycles. The third-order valence-corrected chi connectivity index (χ3v) is 9.11. The SMILES string of the molecule is CC1(C)C2CCC1(CS(=O)(=O)N1CCC(C(N)=O)CC1)CC2. The van der Waals surface area contributed by atoms with E-state index in [9.17, 15) is 13.2 Å². The van der Waals surface area contributed by atoms with Gasteiger partial charge in [0.25, 0.3) is 0 Å². The average molecular weight is 328 g/mol. The van der Waals surface area contributed by atoms with E-state index < -0.39 is 10.0 Å². The molecule has 1 amide bonds. The molecule has 0 radical (unpaired) electrons. The van der Waals surface area contributed by atoms with Crippen LogP contribution in [0.25, 0.3) is 0 Å². The fourth-order valence-corrected chi connectivity index (χ4v) is 7.47. The van der Waals surface area contributed by atoms with Crippen molar-refractivity contribution >= 4 is 15.9 Å². The van der Waals surface area contributed by atoms with Crippen LogP contribution < -0.4 is 5.73 Å². The minimum atomic E-state index is -3.25. The summed E-state index contributed by atoms with van der Waals surface area (Å²) in [5.41, 5.74) is 5.42. The first-order valence-corrected chi connectivity index (χ1v) is 10.1. The largest absolute Gasteiger partial charge is 0.369 e. The second kappa shape index (κ2) is 5.20. The molecule has 5 nitrogen and oxygen atoms in total. The maximum atomic E-state index is 12.9. The Kier molecular flexibility index (Phi) is 3.84. The van der Waals surface area contributed by atoms with Crippen LogP contribution in [0.15, 0.2) is 0 Å². The van der Waals surface area contributed by atoms with E-state index in [4.69, 9.17) is 5.73 Å². The third-order valence-electron chi connectivity index (χ3n) is 7.04. The third kappa shape index (κ3) is 2.39. The molecular formula is C16H28N2O3S. The Morgan fingerprint density at radius 2 is 1.68 bits per heavy atom. The zero-order valence-electron chi connectivity index (χ0n) is 13.7. The van der Waals surface area contributed by atoms with Gasteiger partial charge in [0.05, 0.1) is 5.75 Å². The second-order valence-electron chi connectivity index (χ2n) is 8.11. The lowest BCUT2D eigenvalue weighted by Crippen LogP contribution is -2.47. The summed E-state index contributed by atoms with van der Waals surface area (Å²) in [5, 5.41) is 0. The van der Waals surface area contributed by atoms with Gasteiger partial charge in [-0.25, -0.2) is 12.7 Å². The Balaban J connectivity index is 1.71. The van der Waals surface area contributed by atoms with Gasteiger partial charge in [-0.2, -0.15) is 0 Å². The number of sulfonamides is 1. The predicted molar refractivity (Wildman–Crippen MR) is 85.5 cm³/mol. The highest BCUT2D eigenvalue weighted by molar-refractivity contribution is 7.89. The number of nitrogens with zero attached hydrogens (tertiary/aromatic N) is 1. The van der Waals surface area contributed by atoms with E-state index in [2.05, 4.69) is 13.8 Å². The quantitative estimate of drug-likeness (QED) is 0.853. The van der Waals surface area contributed by atoms with Gasteiger partial charge in [-0.3, -0.25) is 4.79 Å². The summed E-state index contributed by atoms with van der Waals surface area (Å²) in [6.07, 6.45) is 5.56. The summed E-state index contributed by atoms with van der Waals surface area (Å²) < 4.78 is 27.4. The molecule has 0 atom stereocenters. The first kappa shape index (κ1) is 16.2. The molecule has 22 heavy (non-hydrogen) atoms. The van der Waals surface area contributed by atoms with Crippen molar-refractivity contribution in [1.82, 2.24) is 4.31 Å². The van der Waals surface area contributed by atoms with E-state index in [0.29, 0.717) is 31.8 Å². The Labute approximate surface area is 133 Å². The first-order chi connectivity index (χ1) is 10.2. The number of hydrogen-bond acceptors (Lipinski definition) is 3. The number of rotatable bonds is 4. The van der Waals surface area contributed by atoms with Crippen LogP contribution in [0.1, 0.15) is 52.4 Å². The monoisotopic (exact) mass is 328 g/mol. The van der Waals surface area contributed by atoms with Crippen LogP contribution in [0.4, 0.5) is 0 Å². The zero-order chi connectivity index (χ0) is 16.2. The predicted octanol–water partition coefficient (Wildman–Crippen LogP) is 1.73. The van der Waals surface area contributed by atoms with E-state index in [1.54, 1.807) is 4.31 Å². The van der Waals surface area contributed by atoms with Gasteiger partial charge in [-0.1, -0.05) is 13.8 Å². The normalized spacial score (nSPS) is 35.8. The fourth-order valence-electron chi connectivity index (χ4n) is 5.16. The molecular weight excluding hydrogens is 300 g/mol. The molecule has 2 N–H and O–H groups in total. The van der Waals surface area contributed by atoms with Crippen molar-refractivity contribution in [3.63, 3.8) is 0 Å². The topological polar surface area (TPSA) is 80.5 Å². The van der Waals surface area contributed by atoms with E-state index >= 15 is 0 Å². The molecule has 2 bridgehead atoms. The van der Waals surface area contributed by atoms with Crippen molar-refractivity contribution in [3.8, 4) is 0 Å².